The van der Waals surface area contributed by atoms with Crippen LogP contribution in [0.5, 0.6) is 0 Å². The van der Waals surface area contributed by atoms with Crippen molar-refractivity contribution in [2.45, 2.75) is 32.6 Å². The van der Waals surface area contributed by atoms with Gasteiger partial charge in [0.2, 0.25) is 5.91 Å². The maximum Gasteiger partial charge on any atom is 0.273 e. The largest absolute Gasteiger partial charge is 0.382 e. The Morgan fingerprint density at radius 3 is 2.33 bits per heavy atom. The lowest BCUT2D eigenvalue weighted by molar-refractivity contribution is -0.889. The summed E-state index contributed by atoms with van der Waals surface area (Å²) in [6.07, 6.45) is 3.40. The topological polar surface area (TPSA) is 136 Å². The number of benzene rings is 1. The predicted octanol–water partition coefficient (Wildman–Crippen LogP) is 1.94. The van der Waals surface area contributed by atoms with E-state index in [0.717, 1.165) is 42.4 Å². The van der Waals surface area contributed by atoms with Gasteiger partial charge in [0.1, 0.15) is 0 Å². The highest BCUT2D eigenvalue weighted by molar-refractivity contribution is 6.31. The molecule has 0 aliphatic rings. The van der Waals surface area contributed by atoms with Crippen LogP contribution >= 0.6 is 11.6 Å². The molecule has 2 rings (SSSR count). The standard InChI is InChI=1S/C23H34ClN7O2/c1-16-7-9-17(10-8-16)15-18(32)27-11-5-4-6-13-31(2,3)14-12-28-23(33)19-21(25)30-22(26)20(24)29-19/h7-10H,4-6,11-15H2,1-3H3,(H5-,25,26,27,28,30,32,33)/p+1. The van der Waals surface area contributed by atoms with Crippen molar-refractivity contribution < 1.29 is 14.1 Å². The molecule has 0 spiro atoms. The predicted molar refractivity (Wildman–Crippen MR) is 132 cm³/mol. The van der Waals surface area contributed by atoms with Gasteiger partial charge in [-0.3, -0.25) is 9.59 Å². The molecule has 1 aromatic heterocycles. The molecule has 2 amide bonds. The van der Waals surface area contributed by atoms with Gasteiger partial charge in [0.25, 0.3) is 5.91 Å². The van der Waals surface area contributed by atoms with Crippen molar-refractivity contribution in [3.63, 3.8) is 0 Å². The van der Waals surface area contributed by atoms with Crippen LogP contribution in [0.15, 0.2) is 24.3 Å². The number of anilines is 2. The van der Waals surface area contributed by atoms with E-state index in [-0.39, 0.29) is 28.4 Å². The van der Waals surface area contributed by atoms with Crippen molar-refractivity contribution in [3.8, 4) is 0 Å². The molecule has 0 radical (unpaired) electrons. The van der Waals surface area contributed by atoms with Gasteiger partial charge in [0.15, 0.2) is 22.5 Å². The van der Waals surface area contributed by atoms with Crippen LogP contribution in [0.25, 0.3) is 0 Å². The molecular weight excluding hydrogens is 442 g/mol. The van der Waals surface area contributed by atoms with E-state index in [1.54, 1.807) is 0 Å². The molecule has 0 fully saturated rings. The highest BCUT2D eigenvalue weighted by Crippen LogP contribution is 2.17. The Morgan fingerprint density at radius 2 is 1.64 bits per heavy atom. The van der Waals surface area contributed by atoms with Crippen molar-refractivity contribution in [1.82, 2.24) is 20.6 Å². The van der Waals surface area contributed by atoms with Gasteiger partial charge < -0.3 is 26.6 Å². The van der Waals surface area contributed by atoms with E-state index in [1.807, 2.05) is 31.2 Å². The summed E-state index contributed by atoms with van der Waals surface area (Å²) in [6.45, 7) is 4.88. The first-order valence-corrected chi connectivity index (χ1v) is 11.5. The number of hydrogen-bond donors (Lipinski definition) is 4. The quantitative estimate of drug-likeness (QED) is 0.273. The molecule has 0 saturated heterocycles. The molecule has 1 aromatic carbocycles. The summed E-state index contributed by atoms with van der Waals surface area (Å²) in [7, 11) is 4.23. The summed E-state index contributed by atoms with van der Waals surface area (Å²) in [6, 6.07) is 8.02. The average Bonchev–Trinajstić information content (AvgIpc) is 2.74. The third-order valence-corrected chi connectivity index (χ3v) is 5.65. The fourth-order valence-corrected chi connectivity index (χ4v) is 3.43. The van der Waals surface area contributed by atoms with Gasteiger partial charge in [-0.25, -0.2) is 9.97 Å². The lowest BCUT2D eigenvalue weighted by Gasteiger charge is -2.30. The van der Waals surface area contributed by atoms with Gasteiger partial charge in [-0.05, 0) is 31.7 Å². The number of likely N-dealkylation sites (N-methyl/N-ethyl adjacent to an activating group) is 1. The van der Waals surface area contributed by atoms with Crippen LogP contribution in [0.2, 0.25) is 5.15 Å². The summed E-state index contributed by atoms with van der Waals surface area (Å²) in [4.78, 5) is 32.1. The number of nitrogen functional groups attached to an aromatic ring is 2. The lowest BCUT2D eigenvalue weighted by atomic mass is 10.1. The van der Waals surface area contributed by atoms with Gasteiger partial charge in [-0.2, -0.15) is 0 Å². The van der Waals surface area contributed by atoms with Crippen LogP contribution in [0.1, 0.15) is 40.9 Å². The Balaban J connectivity index is 1.60. The number of nitrogens with two attached hydrogens (primary N) is 2. The van der Waals surface area contributed by atoms with Crippen LogP contribution in [-0.2, 0) is 11.2 Å². The van der Waals surface area contributed by atoms with E-state index in [4.69, 9.17) is 23.1 Å². The zero-order valence-electron chi connectivity index (χ0n) is 19.7. The van der Waals surface area contributed by atoms with Crippen molar-refractivity contribution in [1.29, 1.82) is 0 Å². The monoisotopic (exact) mass is 476 g/mol. The Bertz CT molecular complexity index is 949. The molecule has 0 saturated carbocycles. The van der Waals surface area contributed by atoms with Crippen molar-refractivity contribution >= 4 is 35.1 Å². The number of aryl methyl sites for hydroxylation is 1. The van der Waals surface area contributed by atoms with E-state index in [1.165, 1.54) is 5.56 Å². The molecule has 9 nitrogen and oxygen atoms in total. The molecule has 10 heteroatoms. The number of halogens is 1. The third kappa shape index (κ3) is 9.23. The molecular formula is C23H35ClN7O2+. The Morgan fingerprint density at radius 1 is 0.939 bits per heavy atom. The summed E-state index contributed by atoms with van der Waals surface area (Å²) in [5.74, 6) is -0.426. The lowest BCUT2D eigenvalue weighted by Crippen LogP contribution is -2.46. The van der Waals surface area contributed by atoms with Crippen LogP contribution in [0, 0.1) is 6.92 Å². The van der Waals surface area contributed by atoms with E-state index >= 15 is 0 Å². The van der Waals surface area contributed by atoms with Crippen LogP contribution in [0.3, 0.4) is 0 Å². The number of aromatic nitrogens is 2. The number of amides is 2. The minimum atomic E-state index is -0.428. The van der Waals surface area contributed by atoms with E-state index in [0.29, 0.717) is 19.5 Å². The van der Waals surface area contributed by atoms with Crippen LogP contribution in [0.4, 0.5) is 11.6 Å². The molecule has 0 aliphatic heterocycles. The second-order valence-electron chi connectivity index (χ2n) is 8.85. The number of unbranched alkanes of at least 4 members (excludes halogenated alkanes) is 2. The van der Waals surface area contributed by atoms with Gasteiger partial charge in [-0.1, -0.05) is 41.4 Å². The molecule has 180 valence electrons. The van der Waals surface area contributed by atoms with Gasteiger partial charge >= 0.3 is 0 Å². The van der Waals surface area contributed by atoms with E-state index < -0.39 is 5.91 Å². The number of carbonyl (C=O) groups excluding carboxylic acids is 2. The Labute approximate surface area is 200 Å². The Kier molecular flexibility index (Phi) is 9.87. The van der Waals surface area contributed by atoms with E-state index in [9.17, 15) is 9.59 Å². The smallest absolute Gasteiger partial charge is 0.273 e. The molecule has 1 heterocycles. The molecule has 6 N–H and O–H groups in total. The highest BCUT2D eigenvalue weighted by Gasteiger charge is 2.18. The SMILES string of the molecule is Cc1ccc(CC(=O)NCCCCC[N+](C)(C)CCNC(=O)c2nc(Cl)c(N)nc2N)cc1. The zero-order valence-corrected chi connectivity index (χ0v) is 20.4. The molecule has 0 unspecified atom stereocenters. The number of carbonyl (C=O) groups is 2. The van der Waals surface area contributed by atoms with Crippen molar-refractivity contribution in [2.75, 3.05) is 51.7 Å². The Hall–Kier alpha value is -2.91. The number of rotatable bonds is 12. The molecule has 33 heavy (non-hydrogen) atoms. The number of nitrogens with one attached hydrogen (secondary N) is 2. The second-order valence-corrected chi connectivity index (χ2v) is 9.20. The number of nitrogens with zero attached hydrogens (tertiary/aromatic N) is 3. The minimum Gasteiger partial charge on any atom is -0.382 e. The highest BCUT2D eigenvalue weighted by atomic mass is 35.5. The maximum atomic E-state index is 12.3. The third-order valence-electron chi connectivity index (χ3n) is 5.37. The average molecular weight is 477 g/mol. The summed E-state index contributed by atoms with van der Waals surface area (Å²) in [5.41, 5.74) is 13.4. The number of quaternary nitrogens is 1. The second kappa shape index (κ2) is 12.4. The summed E-state index contributed by atoms with van der Waals surface area (Å²) in [5, 5.41) is 5.75. The first-order valence-electron chi connectivity index (χ1n) is 11.1. The summed E-state index contributed by atoms with van der Waals surface area (Å²) < 4.78 is 0.754. The molecule has 0 atom stereocenters. The van der Waals surface area contributed by atoms with Crippen molar-refractivity contribution in [3.05, 3.63) is 46.2 Å². The van der Waals surface area contributed by atoms with Gasteiger partial charge in [0.05, 0.1) is 40.2 Å². The fourth-order valence-electron chi connectivity index (χ4n) is 3.30. The first-order chi connectivity index (χ1) is 15.6. The van der Waals surface area contributed by atoms with Crippen molar-refractivity contribution in [2.24, 2.45) is 0 Å². The molecule has 0 bridgehead atoms. The molecule has 2 aromatic rings. The minimum absolute atomic E-state index is 0.00523. The fraction of sp³-hybridized carbons (Fsp3) is 0.478. The van der Waals surface area contributed by atoms with Crippen LogP contribution < -0.4 is 22.1 Å². The number of hydrogen-bond acceptors (Lipinski definition) is 6. The van der Waals surface area contributed by atoms with Gasteiger partial charge in [-0.15, -0.1) is 0 Å². The van der Waals surface area contributed by atoms with Gasteiger partial charge in [0, 0.05) is 6.54 Å². The maximum absolute atomic E-state index is 12.3. The zero-order chi connectivity index (χ0) is 24.4. The summed E-state index contributed by atoms with van der Waals surface area (Å²) >= 11 is 5.83. The van der Waals surface area contributed by atoms with Crippen LogP contribution in [-0.4, -0.2) is 66.5 Å². The molecule has 0 aliphatic carbocycles. The van der Waals surface area contributed by atoms with E-state index in [2.05, 4.69) is 34.7 Å². The normalized spacial score (nSPS) is 11.3. The first kappa shape index (κ1) is 26.3.